The van der Waals surface area contributed by atoms with E-state index in [4.69, 9.17) is 14.2 Å². The molecule has 20 heavy (non-hydrogen) atoms. The van der Waals surface area contributed by atoms with Crippen LogP contribution in [0.1, 0.15) is 25.7 Å². The molecular weight excluding hydrogens is 260 g/mol. The quantitative estimate of drug-likeness (QED) is 0.311. The summed E-state index contributed by atoms with van der Waals surface area (Å²) in [6.07, 6.45) is 4.03. The van der Waals surface area contributed by atoms with Crippen molar-refractivity contribution < 1.29 is 24.1 Å². The first-order valence-corrected chi connectivity index (χ1v) is 7.17. The van der Waals surface area contributed by atoms with Crippen LogP contribution in [0.25, 0.3) is 0 Å². The molecule has 5 aliphatic rings. The lowest BCUT2D eigenvalue weighted by molar-refractivity contribution is -0.142. The minimum atomic E-state index is -0.890. The molecule has 1 aliphatic carbocycles. The number of hydrogen-bond acceptors (Lipinski definition) is 5. The lowest BCUT2D eigenvalue weighted by Crippen LogP contribution is -2.38. The fourth-order valence-corrected chi connectivity index (χ4v) is 3.67. The third kappa shape index (κ3) is 1.70. The molecule has 0 saturated carbocycles. The van der Waals surface area contributed by atoms with Crippen molar-refractivity contribution in [3.63, 3.8) is 0 Å². The van der Waals surface area contributed by atoms with Gasteiger partial charge in [-0.1, -0.05) is 6.58 Å². The van der Waals surface area contributed by atoms with Crippen LogP contribution in [-0.2, 0) is 19.0 Å². The maximum Gasteiger partial charge on any atom is 0.334 e. The molecule has 4 heterocycles. The van der Waals surface area contributed by atoms with Crippen LogP contribution in [0.5, 0.6) is 0 Å². The molecule has 108 valence electrons. The Labute approximate surface area is 117 Å². The molecule has 4 aliphatic heterocycles. The molecule has 5 nitrogen and oxygen atoms in total. The summed E-state index contributed by atoms with van der Waals surface area (Å²) in [4.78, 5) is 11.7. The van der Waals surface area contributed by atoms with E-state index in [1.54, 1.807) is 0 Å². The van der Waals surface area contributed by atoms with Gasteiger partial charge in [0, 0.05) is 11.5 Å². The fourth-order valence-electron chi connectivity index (χ4n) is 3.67. The number of ether oxygens (including phenoxy) is 3. The first kappa shape index (κ1) is 12.6. The van der Waals surface area contributed by atoms with Crippen molar-refractivity contribution in [3.8, 4) is 0 Å². The number of esters is 1. The number of carbonyl (C=O) groups is 1. The van der Waals surface area contributed by atoms with Crippen molar-refractivity contribution in [3.05, 3.63) is 23.8 Å². The second kappa shape index (κ2) is 4.16. The van der Waals surface area contributed by atoms with Crippen LogP contribution in [0.15, 0.2) is 23.8 Å². The zero-order valence-corrected chi connectivity index (χ0v) is 11.2. The van der Waals surface area contributed by atoms with Gasteiger partial charge in [0.2, 0.25) is 0 Å². The smallest absolute Gasteiger partial charge is 0.334 e. The topological polar surface area (TPSA) is 68.3 Å². The minimum Gasteiger partial charge on any atom is -0.454 e. The van der Waals surface area contributed by atoms with Gasteiger partial charge in [-0.3, -0.25) is 0 Å². The number of rotatable bonds is 0. The lowest BCUT2D eigenvalue weighted by atomic mass is 9.83. The molecule has 2 bridgehead atoms. The molecule has 5 rings (SSSR count). The van der Waals surface area contributed by atoms with Crippen LogP contribution >= 0.6 is 0 Å². The Bertz CT molecular complexity index is 510. The van der Waals surface area contributed by atoms with Gasteiger partial charge in [-0.05, 0) is 37.3 Å². The highest BCUT2D eigenvalue weighted by atomic mass is 16.7. The van der Waals surface area contributed by atoms with Crippen LogP contribution in [0.2, 0.25) is 0 Å². The van der Waals surface area contributed by atoms with Gasteiger partial charge in [0.25, 0.3) is 0 Å². The Morgan fingerprint density at radius 2 is 2.25 bits per heavy atom. The highest BCUT2D eigenvalue weighted by molar-refractivity contribution is 5.91. The molecule has 1 spiro atoms. The summed E-state index contributed by atoms with van der Waals surface area (Å²) in [6, 6.07) is 0. The highest BCUT2D eigenvalue weighted by Crippen LogP contribution is 2.50. The zero-order chi connectivity index (χ0) is 13.9. The van der Waals surface area contributed by atoms with Gasteiger partial charge in [-0.15, -0.1) is 0 Å². The zero-order valence-electron chi connectivity index (χ0n) is 11.2. The second-order valence-corrected chi connectivity index (χ2v) is 6.13. The number of epoxide rings is 1. The summed E-state index contributed by atoms with van der Waals surface area (Å²) < 4.78 is 16.7. The fraction of sp³-hybridized carbons (Fsp3) is 0.667. The molecule has 0 amide bonds. The van der Waals surface area contributed by atoms with Gasteiger partial charge in [0.1, 0.15) is 11.7 Å². The van der Waals surface area contributed by atoms with Crippen molar-refractivity contribution in [2.45, 2.75) is 49.8 Å². The maximum atomic E-state index is 11.7. The van der Waals surface area contributed by atoms with E-state index >= 15 is 0 Å². The van der Waals surface area contributed by atoms with Gasteiger partial charge in [-0.2, -0.15) is 0 Å². The van der Waals surface area contributed by atoms with Crippen molar-refractivity contribution >= 4 is 5.97 Å². The molecule has 0 radical (unpaired) electrons. The summed E-state index contributed by atoms with van der Waals surface area (Å²) in [5, 5.41) is 10.2. The lowest BCUT2D eigenvalue weighted by Gasteiger charge is -2.27. The first-order valence-electron chi connectivity index (χ1n) is 7.17. The SMILES string of the molecule is C=C1C(=O)O[C@@H]2/C=C3/CC[C@H]4O[C@@]4(CC[C@@H]12)[C@H](O)OC3. The number of aliphatic hydroxyl groups is 1. The molecule has 0 aromatic carbocycles. The molecular formula is C15H18O5. The molecule has 5 atom stereocenters. The average Bonchev–Trinajstić information content (AvgIpc) is 3.06. The van der Waals surface area contributed by atoms with Crippen molar-refractivity contribution in [2.75, 3.05) is 6.61 Å². The monoisotopic (exact) mass is 278 g/mol. The van der Waals surface area contributed by atoms with Gasteiger partial charge in [0.05, 0.1) is 12.7 Å². The van der Waals surface area contributed by atoms with Crippen LogP contribution in [0.4, 0.5) is 0 Å². The molecule has 0 unspecified atom stereocenters. The molecule has 0 aromatic rings. The van der Waals surface area contributed by atoms with E-state index < -0.39 is 11.9 Å². The third-order valence-electron chi connectivity index (χ3n) is 5.02. The molecule has 0 aromatic heterocycles. The first-order chi connectivity index (χ1) is 9.60. The molecule has 3 fully saturated rings. The second-order valence-electron chi connectivity index (χ2n) is 6.13. The van der Waals surface area contributed by atoms with E-state index in [-0.39, 0.29) is 24.1 Å². The van der Waals surface area contributed by atoms with Crippen LogP contribution < -0.4 is 0 Å². The van der Waals surface area contributed by atoms with E-state index in [9.17, 15) is 9.90 Å². The highest BCUT2D eigenvalue weighted by Gasteiger charge is 2.62. The van der Waals surface area contributed by atoms with Crippen LogP contribution in [-0.4, -0.2) is 41.8 Å². The van der Waals surface area contributed by atoms with Gasteiger partial charge >= 0.3 is 5.97 Å². The van der Waals surface area contributed by atoms with E-state index in [1.807, 2.05) is 6.08 Å². The van der Waals surface area contributed by atoms with E-state index in [0.29, 0.717) is 18.6 Å². The molecule has 1 N–H and O–H groups in total. The van der Waals surface area contributed by atoms with E-state index in [0.717, 1.165) is 24.8 Å². The average molecular weight is 278 g/mol. The summed E-state index contributed by atoms with van der Waals surface area (Å²) in [6.45, 7) is 4.22. The predicted molar refractivity (Wildman–Crippen MR) is 68.6 cm³/mol. The predicted octanol–water partition coefficient (Wildman–Crippen LogP) is 1.07. The summed E-state index contributed by atoms with van der Waals surface area (Å²) in [5.74, 6) is -0.319. The summed E-state index contributed by atoms with van der Waals surface area (Å²) in [5.41, 5.74) is 1.02. The van der Waals surface area contributed by atoms with Crippen LogP contribution in [0, 0.1) is 5.92 Å². The summed E-state index contributed by atoms with van der Waals surface area (Å²) >= 11 is 0. The number of carbonyl (C=O) groups excluding carboxylic acids is 1. The van der Waals surface area contributed by atoms with Crippen LogP contribution in [0.3, 0.4) is 0 Å². The maximum absolute atomic E-state index is 11.7. The third-order valence-corrected chi connectivity index (χ3v) is 5.02. The molecule has 3 saturated heterocycles. The number of fused-ring (bicyclic) bond motifs is 4. The Kier molecular flexibility index (Phi) is 2.61. The largest absolute Gasteiger partial charge is 0.454 e. The molecule has 5 heteroatoms. The number of hydrogen-bond donors (Lipinski definition) is 1. The van der Waals surface area contributed by atoms with E-state index in [1.165, 1.54) is 0 Å². The van der Waals surface area contributed by atoms with Crippen molar-refractivity contribution in [2.24, 2.45) is 5.92 Å². The normalized spacial score (nSPS) is 49.5. The number of aliphatic hydroxyl groups excluding tert-OH is 1. The summed E-state index contributed by atoms with van der Waals surface area (Å²) in [7, 11) is 0. The standard InChI is InChI=1S/C15H18O5/c1-8-10-4-5-15-12(20-15)3-2-9(7-18-14(15)17)6-11(10)19-13(8)16/h6,10-12,14,17H,1-5,7H2/b9-6-/t10-,11+,12+,14+,15+/m0/s1. The van der Waals surface area contributed by atoms with E-state index in [2.05, 4.69) is 6.58 Å². The minimum absolute atomic E-state index is 0.0115. The Morgan fingerprint density at radius 1 is 1.40 bits per heavy atom. The Balaban J connectivity index is 1.71. The van der Waals surface area contributed by atoms with Gasteiger partial charge in [-0.25, -0.2) is 4.79 Å². The van der Waals surface area contributed by atoms with Gasteiger partial charge in [0.15, 0.2) is 6.29 Å². The van der Waals surface area contributed by atoms with Crippen molar-refractivity contribution in [1.82, 2.24) is 0 Å². The van der Waals surface area contributed by atoms with Crippen molar-refractivity contribution in [1.29, 1.82) is 0 Å². The van der Waals surface area contributed by atoms with Gasteiger partial charge < -0.3 is 19.3 Å². The Morgan fingerprint density at radius 3 is 3.10 bits per heavy atom. The Hall–Kier alpha value is -1.17.